The second-order valence-corrected chi connectivity index (χ2v) is 8.09. The molecule has 1 aliphatic heterocycles. The molecule has 0 saturated carbocycles. The molecule has 2 N–H and O–H groups in total. The fraction of sp³-hybridized carbons (Fsp3) is 0.458. The quantitative estimate of drug-likeness (QED) is 0.561. The maximum atomic E-state index is 13.7. The van der Waals surface area contributed by atoms with E-state index in [1.54, 1.807) is 44.6 Å². The van der Waals surface area contributed by atoms with Gasteiger partial charge < -0.3 is 24.6 Å². The number of carbonyl (C=O) groups is 1. The number of hydrogen-bond donors (Lipinski definition) is 2. The Morgan fingerprint density at radius 1 is 1.18 bits per heavy atom. The molecule has 2 aromatic carbocycles. The van der Waals surface area contributed by atoms with Crippen LogP contribution in [0.25, 0.3) is 0 Å². The fourth-order valence-corrected chi connectivity index (χ4v) is 3.85. The summed E-state index contributed by atoms with van der Waals surface area (Å²) in [6.45, 7) is 4.83. The van der Waals surface area contributed by atoms with Crippen molar-refractivity contribution < 1.29 is 28.5 Å². The van der Waals surface area contributed by atoms with Crippen LogP contribution in [0.2, 0.25) is 0 Å². The monoisotopic (exact) mass is 461 g/mol. The minimum atomic E-state index is -0.746. The molecule has 0 bridgehead atoms. The van der Waals surface area contributed by atoms with Gasteiger partial charge >= 0.3 is 0 Å². The van der Waals surface area contributed by atoms with Crippen molar-refractivity contribution in [2.75, 3.05) is 58.9 Å². The van der Waals surface area contributed by atoms with Gasteiger partial charge in [0.2, 0.25) is 5.91 Å². The van der Waals surface area contributed by atoms with Crippen LogP contribution in [0.4, 0.5) is 10.1 Å². The van der Waals surface area contributed by atoms with Gasteiger partial charge in [0.05, 0.1) is 26.5 Å². The molecular formula is C24H32FN3O5. The van der Waals surface area contributed by atoms with E-state index in [0.29, 0.717) is 43.4 Å². The number of β-amino-alcohol motifs (C(OH)–C–C–N with tert-alkyl or cyclic N) is 1. The van der Waals surface area contributed by atoms with Crippen LogP contribution in [0.5, 0.6) is 17.2 Å². The van der Waals surface area contributed by atoms with Gasteiger partial charge in [-0.1, -0.05) is 12.1 Å². The van der Waals surface area contributed by atoms with Gasteiger partial charge in [-0.15, -0.1) is 0 Å². The number of nitrogens with one attached hydrogen (secondary N) is 1. The lowest BCUT2D eigenvalue weighted by Crippen LogP contribution is -2.55. The molecule has 1 fully saturated rings. The summed E-state index contributed by atoms with van der Waals surface area (Å²) in [6, 6.07) is 11.5. The number of methoxy groups -OCH3 is 2. The van der Waals surface area contributed by atoms with Crippen molar-refractivity contribution in [2.24, 2.45) is 0 Å². The molecular weight excluding hydrogens is 429 g/mol. The molecule has 9 heteroatoms. The molecule has 0 unspecified atom stereocenters. The Morgan fingerprint density at radius 2 is 1.97 bits per heavy atom. The van der Waals surface area contributed by atoms with Crippen LogP contribution < -0.4 is 19.5 Å². The van der Waals surface area contributed by atoms with Crippen LogP contribution in [0.3, 0.4) is 0 Å². The van der Waals surface area contributed by atoms with Gasteiger partial charge in [-0.25, -0.2) is 4.39 Å². The normalized spacial score (nSPS) is 17.9. The third-order valence-corrected chi connectivity index (χ3v) is 5.61. The van der Waals surface area contributed by atoms with Crippen LogP contribution in [-0.4, -0.2) is 86.5 Å². The predicted octanol–water partition coefficient (Wildman–Crippen LogP) is 2.23. The minimum Gasteiger partial charge on any atom is -0.497 e. The van der Waals surface area contributed by atoms with Crippen molar-refractivity contribution in [3.63, 3.8) is 0 Å². The number of anilines is 1. The largest absolute Gasteiger partial charge is 0.497 e. The second kappa shape index (κ2) is 11.8. The summed E-state index contributed by atoms with van der Waals surface area (Å²) in [5, 5.41) is 13.2. The highest BCUT2D eigenvalue weighted by Gasteiger charge is 2.27. The average molecular weight is 462 g/mol. The summed E-state index contributed by atoms with van der Waals surface area (Å²) in [5.41, 5.74) is 0.591. The molecule has 1 amide bonds. The van der Waals surface area contributed by atoms with Gasteiger partial charge in [-0.2, -0.15) is 0 Å². The zero-order valence-electron chi connectivity index (χ0n) is 19.3. The number of halogens is 1. The summed E-state index contributed by atoms with van der Waals surface area (Å²) in [4.78, 5) is 16.8. The molecule has 2 aromatic rings. The zero-order chi connectivity index (χ0) is 23.8. The lowest BCUT2D eigenvalue weighted by atomic mass is 10.1. The molecule has 8 nitrogen and oxygen atoms in total. The molecule has 0 spiro atoms. The first-order chi connectivity index (χ1) is 15.9. The summed E-state index contributed by atoms with van der Waals surface area (Å²) in [7, 11) is 3.12. The van der Waals surface area contributed by atoms with E-state index in [-0.39, 0.29) is 30.9 Å². The van der Waals surface area contributed by atoms with Gasteiger partial charge in [0, 0.05) is 38.3 Å². The van der Waals surface area contributed by atoms with Gasteiger partial charge in [0.15, 0.2) is 11.6 Å². The topological polar surface area (TPSA) is 83.5 Å². The Bertz CT molecular complexity index is 929. The van der Waals surface area contributed by atoms with E-state index in [0.717, 1.165) is 0 Å². The Kier molecular flexibility index (Phi) is 8.87. The van der Waals surface area contributed by atoms with Crippen molar-refractivity contribution in [1.82, 2.24) is 9.80 Å². The molecule has 3 rings (SSSR count). The molecule has 33 heavy (non-hydrogen) atoms. The Hall–Kier alpha value is -2.88. The van der Waals surface area contributed by atoms with E-state index in [1.165, 1.54) is 12.1 Å². The summed E-state index contributed by atoms with van der Waals surface area (Å²) in [6.07, 6.45) is -0.746. The smallest absolute Gasteiger partial charge is 0.238 e. The second-order valence-electron chi connectivity index (χ2n) is 8.09. The first-order valence-electron chi connectivity index (χ1n) is 10.9. The molecule has 2 atom stereocenters. The van der Waals surface area contributed by atoms with Crippen LogP contribution >= 0.6 is 0 Å². The first-order valence-corrected chi connectivity index (χ1v) is 10.9. The van der Waals surface area contributed by atoms with Crippen LogP contribution in [0, 0.1) is 5.82 Å². The van der Waals surface area contributed by atoms with Crippen molar-refractivity contribution in [2.45, 2.75) is 19.1 Å². The number of nitrogens with zero attached hydrogens (tertiary/aromatic N) is 2. The maximum Gasteiger partial charge on any atom is 0.238 e. The lowest BCUT2D eigenvalue weighted by molar-refractivity contribution is -0.118. The zero-order valence-corrected chi connectivity index (χ0v) is 19.3. The molecule has 1 aliphatic rings. The van der Waals surface area contributed by atoms with E-state index in [4.69, 9.17) is 14.2 Å². The third kappa shape index (κ3) is 7.05. The van der Waals surface area contributed by atoms with E-state index in [2.05, 4.69) is 22.0 Å². The molecule has 0 aliphatic carbocycles. The summed E-state index contributed by atoms with van der Waals surface area (Å²) >= 11 is 0. The molecule has 0 aromatic heterocycles. The predicted molar refractivity (Wildman–Crippen MR) is 124 cm³/mol. The molecule has 1 heterocycles. The number of aliphatic hydroxyl groups excluding tert-OH is 1. The highest BCUT2D eigenvalue weighted by atomic mass is 19.1. The summed E-state index contributed by atoms with van der Waals surface area (Å²) < 4.78 is 29.6. The highest BCUT2D eigenvalue weighted by Crippen LogP contribution is 2.29. The SMILES string of the molecule is COc1ccc(NC(=O)CN2CCN(C[C@H](O)COc3ccccc3F)[C@@H](C)C2)c(OC)c1. The summed E-state index contributed by atoms with van der Waals surface area (Å²) in [5.74, 6) is 0.743. The number of benzene rings is 2. The Morgan fingerprint density at radius 3 is 2.67 bits per heavy atom. The van der Waals surface area contributed by atoms with Crippen LogP contribution in [-0.2, 0) is 4.79 Å². The van der Waals surface area contributed by atoms with Gasteiger partial charge in [0.25, 0.3) is 0 Å². The van der Waals surface area contributed by atoms with Crippen LogP contribution in [0.15, 0.2) is 42.5 Å². The molecule has 180 valence electrons. The number of hydrogen-bond acceptors (Lipinski definition) is 7. The number of rotatable bonds is 10. The number of carbonyl (C=O) groups excluding carboxylic acids is 1. The lowest BCUT2D eigenvalue weighted by Gasteiger charge is -2.40. The van der Waals surface area contributed by atoms with E-state index >= 15 is 0 Å². The molecule has 0 radical (unpaired) electrons. The Balaban J connectivity index is 1.44. The van der Waals surface area contributed by atoms with Gasteiger partial charge in [-0.3, -0.25) is 14.6 Å². The standard InChI is InChI=1S/C24H32FN3O5/c1-17-13-27(15-24(30)26-21-9-8-19(31-2)12-23(21)32-3)10-11-28(17)14-18(29)16-33-22-7-5-4-6-20(22)25/h4-9,12,17-18,29H,10-11,13-16H2,1-3H3,(H,26,30)/t17-,18-/m0/s1. The number of ether oxygens (including phenoxy) is 3. The van der Waals surface area contributed by atoms with E-state index in [1.807, 2.05) is 0 Å². The number of aliphatic hydroxyl groups is 1. The third-order valence-electron chi connectivity index (χ3n) is 5.61. The van der Waals surface area contributed by atoms with Crippen molar-refractivity contribution in [3.8, 4) is 17.2 Å². The molecule has 1 saturated heterocycles. The highest BCUT2D eigenvalue weighted by molar-refractivity contribution is 5.93. The van der Waals surface area contributed by atoms with Gasteiger partial charge in [-0.05, 0) is 31.2 Å². The van der Waals surface area contributed by atoms with Crippen molar-refractivity contribution in [1.29, 1.82) is 0 Å². The first kappa shape index (κ1) is 24.8. The van der Waals surface area contributed by atoms with Gasteiger partial charge in [0.1, 0.15) is 24.2 Å². The number of amides is 1. The fourth-order valence-electron chi connectivity index (χ4n) is 3.85. The van der Waals surface area contributed by atoms with E-state index < -0.39 is 11.9 Å². The van der Waals surface area contributed by atoms with E-state index in [9.17, 15) is 14.3 Å². The number of para-hydroxylation sites is 1. The van der Waals surface area contributed by atoms with Crippen molar-refractivity contribution >= 4 is 11.6 Å². The minimum absolute atomic E-state index is 0.0139. The number of piperazine rings is 1. The maximum absolute atomic E-state index is 13.7. The average Bonchev–Trinajstić information content (AvgIpc) is 2.80. The Labute approximate surface area is 193 Å². The van der Waals surface area contributed by atoms with Crippen molar-refractivity contribution in [3.05, 3.63) is 48.3 Å². The van der Waals surface area contributed by atoms with Crippen LogP contribution in [0.1, 0.15) is 6.92 Å².